The lowest BCUT2D eigenvalue weighted by atomic mass is 9.94. The summed E-state index contributed by atoms with van der Waals surface area (Å²) in [5.41, 5.74) is 2.10. The minimum absolute atomic E-state index is 0.0371. The summed E-state index contributed by atoms with van der Waals surface area (Å²) in [7, 11) is 1.54. The van der Waals surface area contributed by atoms with Gasteiger partial charge in [0, 0.05) is 25.6 Å². The molecule has 0 aromatic heterocycles. The Morgan fingerprint density at radius 2 is 1.89 bits per heavy atom. The molecule has 0 aliphatic carbocycles. The standard InChI is InChI=1S/C29H35NO7/c1-5-7-13-36-23-11-8-19(17-24(23)35-6-2)26-25(28(32)29(33)30(26)12-14-34-4)27(31)20-9-10-22-21(16-20)15-18(3)37-22/h8-11,16-18,26,31H,5-7,12-15H2,1-4H3/t18-,26+/m0/s1. The molecule has 0 spiro atoms. The molecule has 2 aromatic carbocycles. The minimum atomic E-state index is -0.803. The van der Waals surface area contributed by atoms with Crippen LogP contribution in [-0.2, 0) is 20.7 Å². The van der Waals surface area contributed by atoms with Crippen LogP contribution < -0.4 is 14.2 Å². The van der Waals surface area contributed by atoms with E-state index in [4.69, 9.17) is 18.9 Å². The highest BCUT2D eigenvalue weighted by Crippen LogP contribution is 2.42. The molecule has 2 heterocycles. The van der Waals surface area contributed by atoms with Gasteiger partial charge in [-0.1, -0.05) is 19.4 Å². The summed E-state index contributed by atoms with van der Waals surface area (Å²) < 4.78 is 22.7. The molecule has 8 nitrogen and oxygen atoms in total. The van der Waals surface area contributed by atoms with E-state index in [9.17, 15) is 14.7 Å². The first kappa shape index (κ1) is 26.5. The number of hydrogen-bond acceptors (Lipinski definition) is 7. The first-order valence-corrected chi connectivity index (χ1v) is 12.9. The van der Waals surface area contributed by atoms with Gasteiger partial charge in [-0.3, -0.25) is 9.59 Å². The van der Waals surface area contributed by atoms with Crippen LogP contribution in [0.2, 0.25) is 0 Å². The van der Waals surface area contributed by atoms with E-state index < -0.39 is 17.7 Å². The fourth-order valence-corrected chi connectivity index (χ4v) is 4.78. The zero-order valence-corrected chi connectivity index (χ0v) is 21.9. The fourth-order valence-electron chi connectivity index (χ4n) is 4.78. The molecule has 1 saturated heterocycles. The van der Waals surface area contributed by atoms with Crippen LogP contribution in [0.25, 0.3) is 5.76 Å². The number of rotatable bonds is 11. The van der Waals surface area contributed by atoms with E-state index in [0.717, 1.165) is 24.2 Å². The smallest absolute Gasteiger partial charge is 0.295 e. The number of hydrogen-bond donors (Lipinski definition) is 1. The molecule has 2 aromatic rings. The highest BCUT2D eigenvalue weighted by Gasteiger charge is 2.46. The molecule has 8 heteroatoms. The van der Waals surface area contributed by atoms with Gasteiger partial charge >= 0.3 is 0 Å². The molecule has 1 fully saturated rings. The van der Waals surface area contributed by atoms with Gasteiger partial charge in [0.15, 0.2) is 11.5 Å². The van der Waals surface area contributed by atoms with Crippen molar-refractivity contribution in [3.63, 3.8) is 0 Å². The van der Waals surface area contributed by atoms with Crippen LogP contribution in [0.5, 0.6) is 17.2 Å². The van der Waals surface area contributed by atoms with Crippen LogP contribution in [0.3, 0.4) is 0 Å². The quantitative estimate of drug-likeness (QED) is 0.204. The molecule has 1 N–H and O–H groups in total. The predicted octanol–water partition coefficient (Wildman–Crippen LogP) is 4.66. The van der Waals surface area contributed by atoms with E-state index in [1.54, 1.807) is 24.3 Å². The number of likely N-dealkylation sites (tertiary alicyclic amines) is 1. The number of benzene rings is 2. The largest absolute Gasteiger partial charge is 0.507 e. The highest BCUT2D eigenvalue weighted by atomic mass is 16.5. The van der Waals surface area contributed by atoms with Crippen molar-refractivity contribution in [3.05, 3.63) is 58.7 Å². The van der Waals surface area contributed by atoms with Gasteiger partial charge in [-0.2, -0.15) is 0 Å². The average molecular weight is 510 g/mol. The van der Waals surface area contributed by atoms with Crippen molar-refractivity contribution < 1.29 is 33.6 Å². The Morgan fingerprint density at radius 1 is 1.08 bits per heavy atom. The molecule has 0 bridgehead atoms. The van der Waals surface area contributed by atoms with Crippen molar-refractivity contribution in [3.8, 4) is 17.2 Å². The van der Waals surface area contributed by atoms with E-state index in [1.807, 2.05) is 26.0 Å². The van der Waals surface area contributed by atoms with E-state index in [2.05, 4.69) is 6.92 Å². The number of carbonyl (C=O) groups is 2. The molecule has 37 heavy (non-hydrogen) atoms. The number of aliphatic hydroxyl groups excluding tert-OH is 1. The molecule has 2 aliphatic heterocycles. The van der Waals surface area contributed by atoms with Gasteiger partial charge in [-0.15, -0.1) is 0 Å². The summed E-state index contributed by atoms with van der Waals surface area (Å²) in [5.74, 6) is 0.263. The van der Waals surface area contributed by atoms with Crippen molar-refractivity contribution in [2.75, 3.05) is 33.5 Å². The Kier molecular flexibility index (Phi) is 8.38. The molecule has 4 rings (SSSR count). The highest BCUT2D eigenvalue weighted by molar-refractivity contribution is 6.46. The maximum absolute atomic E-state index is 13.3. The molecule has 2 aliphatic rings. The number of Topliss-reactive ketones (excluding diaryl/α,β-unsaturated/α-hetero) is 1. The van der Waals surface area contributed by atoms with Crippen LogP contribution in [0.1, 0.15) is 56.3 Å². The number of ketones is 1. The Balaban J connectivity index is 1.79. The van der Waals surface area contributed by atoms with Crippen LogP contribution >= 0.6 is 0 Å². The Bertz CT molecular complexity index is 1190. The molecule has 198 valence electrons. The van der Waals surface area contributed by atoms with Crippen molar-refractivity contribution in [1.29, 1.82) is 0 Å². The van der Waals surface area contributed by atoms with E-state index >= 15 is 0 Å². The molecule has 1 amide bonds. The van der Waals surface area contributed by atoms with Gasteiger partial charge in [0.2, 0.25) is 0 Å². The first-order valence-electron chi connectivity index (χ1n) is 12.9. The first-order chi connectivity index (χ1) is 17.9. The number of fused-ring (bicyclic) bond motifs is 1. The van der Waals surface area contributed by atoms with Gasteiger partial charge in [-0.05, 0) is 61.7 Å². The van der Waals surface area contributed by atoms with Crippen LogP contribution in [0.15, 0.2) is 42.0 Å². The summed E-state index contributed by atoms with van der Waals surface area (Å²) >= 11 is 0. The average Bonchev–Trinajstić information content (AvgIpc) is 3.38. The SMILES string of the molecule is CCCCOc1ccc([C@@H]2C(=C(O)c3ccc4c(c3)C[C@H](C)O4)C(=O)C(=O)N2CCOC)cc1OCC. The van der Waals surface area contributed by atoms with Gasteiger partial charge in [-0.25, -0.2) is 0 Å². The van der Waals surface area contributed by atoms with E-state index in [0.29, 0.717) is 42.3 Å². The third-order valence-corrected chi connectivity index (χ3v) is 6.58. The molecule has 0 saturated carbocycles. The summed E-state index contributed by atoms with van der Waals surface area (Å²) in [4.78, 5) is 27.9. The van der Waals surface area contributed by atoms with Gasteiger partial charge in [0.1, 0.15) is 17.6 Å². The molecule has 0 unspecified atom stereocenters. The fraction of sp³-hybridized carbons (Fsp3) is 0.448. The predicted molar refractivity (Wildman–Crippen MR) is 139 cm³/mol. The molecular formula is C29H35NO7. The van der Waals surface area contributed by atoms with Crippen LogP contribution in [0.4, 0.5) is 0 Å². The lowest BCUT2D eigenvalue weighted by molar-refractivity contribution is -0.140. The number of ether oxygens (including phenoxy) is 4. The minimum Gasteiger partial charge on any atom is -0.507 e. The number of amides is 1. The number of unbranched alkanes of at least 4 members (excludes halogenated alkanes) is 1. The zero-order valence-electron chi connectivity index (χ0n) is 21.9. The van der Waals surface area contributed by atoms with Gasteiger partial charge in [0.05, 0.1) is 31.4 Å². The second kappa shape index (κ2) is 11.7. The summed E-state index contributed by atoms with van der Waals surface area (Å²) in [5, 5.41) is 11.4. The zero-order chi connectivity index (χ0) is 26.5. The molecular weight excluding hydrogens is 474 g/mol. The van der Waals surface area contributed by atoms with E-state index in [1.165, 1.54) is 12.0 Å². The number of nitrogens with zero attached hydrogens (tertiary/aromatic N) is 1. The maximum atomic E-state index is 13.3. The van der Waals surface area contributed by atoms with Crippen molar-refractivity contribution >= 4 is 17.4 Å². The summed E-state index contributed by atoms with van der Waals surface area (Å²) in [6.45, 7) is 7.37. The Hall–Kier alpha value is -3.52. The third-order valence-electron chi connectivity index (χ3n) is 6.58. The summed E-state index contributed by atoms with van der Waals surface area (Å²) in [6.07, 6.45) is 2.67. The lowest BCUT2D eigenvalue weighted by Crippen LogP contribution is -2.32. The lowest BCUT2D eigenvalue weighted by Gasteiger charge is -2.26. The molecule has 0 radical (unpaired) electrons. The molecule has 2 atom stereocenters. The Labute approximate surface area is 217 Å². The Morgan fingerprint density at radius 3 is 2.62 bits per heavy atom. The van der Waals surface area contributed by atoms with Crippen LogP contribution in [-0.4, -0.2) is 61.3 Å². The van der Waals surface area contributed by atoms with Crippen LogP contribution in [0, 0.1) is 0 Å². The second-order valence-corrected chi connectivity index (χ2v) is 9.28. The van der Waals surface area contributed by atoms with E-state index in [-0.39, 0.29) is 30.6 Å². The normalized spacial score (nSPS) is 20.2. The number of carbonyl (C=O) groups excluding carboxylic acids is 2. The topological polar surface area (TPSA) is 94.5 Å². The number of aliphatic hydroxyl groups is 1. The maximum Gasteiger partial charge on any atom is 0.295 e. The number of methoxy groups -OCH3 is 1. The third kappa shape index (κ3) is 5.44. The summed E-state index contributed by atoms with van der Waals surface area (Å²) in [6, 6.07) is 9.91. The van der Waals surface area contributed by atoms with Gasteiger partial charge < -0.3 is 29.0 Å². The second-order valence-electron chi connectivity index (χ2n) is 9.28. The monoisotopic (exact) mass is 509 g/mol. The van der Waals surface area contributed by atoms with Gasteiger partial charge in [0.25, 0.3) is 11.7 Å². The van der Waals surface area contributed by atoms with Crippen molar-refractivity contribution in [2.24, 2.45) is 0 Å². The van der Waals surface area contributed by atoms with Crippen molar-refractivity contribution in [2.45, 2.75) is 52.2 Å². The van der Waals surface area contributed by atoms with Crippen molar-refractivity contribution in [1.82, 2.24) is 4.90 Å².